The van der Waals surface area contributed by atoms with Crippen molar-refractivity contribution in [2.24, 2.45) is 5.84 Å². The van der Waals surface area contributed by atoms with Gasteiger partial charge in [0.15, 0.2) is 0 Å². The monoisotopic (exact) mass is 336 g/mol. The van der Waals surface area contributed by atoms with Gasteiger partial charge in [0, 0.05) is 3.57 Å². The van der Waals surface area contributed by atoms with Gasteiger partial charge < -0.3 is 0 Å². The molecule has 1 unspecified atom stereocenters. The van der Waals surface area contributed by atoms with Gasteiger partial charge in [-0.2, -0.15) is 0 Å². The Morgan fingerprint density at radius 2 is 2.20 bits per heavy atom. The lowest BCUT2D eigenvalue weighted by Crippen LogP contribution is -2.26. The van der Waals surface area contributed by atoms with E-state index in [1.165, 1.54) is 5.57 Å². The van der Waals surface area contributed by atoms with E-state index in [0.717, 1.165) is 14.2 Å². The van der Waals surface area contributed by atoms with Crippen molar-refractivity contribution in [3.63, 3.8) is 0 Å². The minimum Gasteiger partial charge on any atom is -0.271 e. The Bertz CT molecular complexity index is 373. The molecule has 0 saturated heterocycles. The second kappa shape index (κ2) is 5.84. The van der Waals surface area contributed by atoms with Crippen LogP contribution in [0.1, 0.15) is 25.5 Å². The van der Waals surface area contributed by atoms with Gasteiger partial charge in [-0.15, -0.1) is 0 Å². The van der Waals surface area contributed by atoms with Gasteiger partial charge in [0.1, 0.15) is 0 Å². The van der Waals surface area contributed by atoms with E-state index in [2.05, 4.69) is 34.1 Å². The summed E-state index contributed by atoms with van der Waals surface area (Å²) in [4.78, 5) is 0. The lowest BCUT2D eigenvalue weighted by Gasteiger charge is -2.13. The van der Waals surface area contributed by atoms with Crippen LogP contribution in [0.2, 0.25) is 5.02 Å². The molecule has 0 amide bonds. The van der Waals surface area contributed by atoms with Crippen molar-refractivity contribution >= 4 is 34.2 Å². The number of nitrogens with one attached hydrogen (secondary N) is 1. The largest absolute Gasteiger partial charge is 0.271 e. The summed E-state index contributed by atoms with van der Waals surface area (Å²) in [6.45, 7) is 4.08. The van der Waals surface area contributed by atoms with Gasteiger partial charge in [0.05, 0.1) is 11.1 Å². The zero-order valence-corrected chi connectivity index (χ0v) is 11.6. The fraction of sp³-hybridized carbons (Fsp3) is 0.273. The van der Waals surface area contributed by atoms with Gasteiger partial charge in [0.25, 0.3) is 0 Å². The molecule has 82 valence electrons. The van der Waals surface area contributed by atoms with Gasteiger partial charge in [-0.3, -0.25) is 5.84 Å². The molecule has 1 aromatic rings. The summed E-state index contributed by atoms with van der Waals surface area (Å²) < 4.78 is 1.05. The van der Waals surface area contributed by atoms with Crippen LogP contribution >= 0.6 is 34.2 Å². The molecule has 1 aromatic carbocycles. The highest BCUT2D eigenvalue weighted by Gasteiger charge is 2.07. The summed E-state index contributed by atoms with van der Waals surface area (Å²) in [7, 11) is 0. The second-order valence-corrected chi connectivity index (χ2v) is 5.13. The van der Waals surface area contributed by atoms with Crippen LogP contribution in [-0.2, 0) is 0 Å². The zero-order valence-electron chi connectivity index (χ0n) is 8.72. The quantitative estimate of drug-likeness (QED) is 0.384. The molecule has 0 fully saturated rings. The zero-order chi connectivity index (χ0) is 11.4. The standard InChI is InChI=1S/C11H14ClIN2/c1-7(2)5-11(15-14)8-3-4-10(13)9(12)6-8/h3-6,11,15H,14H2,1-2H3. The number of hydrazine groups is 1. The lowest BCUT2D eigenvalue weighted by atomic mass is 10.1. The Morgan fingerprint density at radius 3 is 2.67 bits per heavy atom. The third-order valence-corrected chi connectivity index (χ3v) is 3.55. The third kappa shape index (κ3) is 3.75. The Morgan fingerprint density at radius 1 is 1.53 bits per heavy atom. The van der Waals surface area contributed by atoms with Crippen molar-refractivity contribution in [3.8, 4) is 0 Å². The third-order valence-electron chi connectivity index (χ3n) is 1.98. The highest BCUT2D eigenvalue weighted by Crippen LogP contribution is 2.24. The van der Waals surface area contributed by atoms with Crippen molar-refractivity contribution in [3.05, 3.63) is 44.0 Å². The molecule has 4 heteroatoms. The minimum atomic E-state index is 0.0181. The fourth-order valence-corrected chi connectivity index (χ4v) is 1.80. The van der Waals surface area contributed by atoms with Crippen LogP contribution in [0.5, 0.6) is 0 Å². The highest BCUT2D eigenvalue weighted by molar-refractivity contribution is 14.1. The van der Waals surface area contributed by atoms with Gasteiger partial charge in [-0.25, -0.2) is 5.43 Å². The van der Waals surface area contributed by atoms with E-state index in [1.54, 1.807) is 0 Å². The van der Waals surface area contributed by atoms with E-state index in [-0.39, 0.29) is 6.04 Å². The van der Waals surface area contributed by atoms with Gasteiger partial charge >= 0.3 is 0 Å². The summed E-state index contributed by atoms with van der Waals surface area (Å²) in [5.41, 5.74) is 5.05. The molecule has 0 bridgehead atoms. The van der Waals surface area contributed by atoms with E-state index in [1.807, 2.05) is 32.0 Å². The van der Waals surface area contributed by atoms with Crippen molar-refractivity contribution in [1.82, 2.24) is 5.43 Å². The molecule has 3 N–H and O–H groups in total. The molecule has 1 rings (SSSR count). The lowest BCUT2D eigenvalue weighted by molar-refractivity contribution is 0.652. The Hall–Kier alpha value is -0.100. The molecule has 0 aliphatic heterocycles. The van der Waals surface area contributed by atoms with Crippen LogP contribution in [0.15, 0.2) is 29.8 Å². The van der Waals surface area contributed by atoms with Gasteiger partial charge in [-0.05, 0) is 54.1 Å². The van der Waals surface area contributed by atoms with Crippen molar-refractivity contribution < 1.29 is 0 Å². The number of benzene rings is 1. The molecule has 0 heterocycles. The maximum absolute atomic E-state index is 6.05. The van der Waals surface area contributed by atoms with Crippen LogP contribution in [-0.4, -0.2) is 0 Å². The van der Waals surface area contributed by atoms with E-state index in [9.17, 15) is 0 Å². The average Bonchev–Trinajstić information content (AvgIpc) is 2.18. The Labute approximate surface area is 109 Å². The van der Waals surface area contributed by atoms with Crippen LogP contribution in [0.4, 0.5) is 0 Å². The summed E-state index contributed by atoms with van der Waals surface area (Å²) in [6.07, 6.45) is 2.07. The van der Waals surface area contributed by atoms with Crippen LogP contribution < -0.4 is 11.3 Å². The van der Waals surface area contributed by atoms with Gasteiger partial charge in [-0.1, -0.05) is 29.3 Å². The molecule has 0 saturated carbocycles. The minimum absolute atomic E-state index is 0.0181. The summed E-state index contributed by atoms with van der Waals surface area (Å²) in [5.74, 6) is 5.50. The molecule has 0 spiro atoms. The maximum atomic E-state index is 6.05. The summed E-state index contributed by atoms with van der Waals surface area (Å²) >= 11 is 8.26. The Kier molecular flexibility index (Phi) is 5.05. The van der Waals surface area contributed by atoms with Crippen LogP contribution in [0.25, 0.3) is 0 Å². The highest BCUT2D eigenvalue weighted by atomic mass is 127. The first-order valence-corrected chi connectivity index (χ1v) is 6.06. The first kappa shape index (κ1) is 13.0. The smallest absolute Gasteiger partial charge is 0.0643 e. The summed E-state index contributed by atoms with van der Waals surface area (Å²) in [6, 6.07) is 5.97. The average molecular weight is 337 g/mol. The van der Waals surface area contributed by atoms with E-state index >= 15 is 0 Å². The van der Waals surface area contributed by atoms with Crippen LogP contribution in [0, 0.1) is 3.57 Å². The molecule has 1 atom stereocenters. The van der Waals surface area contributed by atoms with Crippen molar-refractivity contribution in [2.45, 2.75) is 19.9 Å². The van der Waals surface area contributed by atoms with E-state index in [4.69, 9.17) is 17.4 Å². The predicted octanol–water partition coefficient (Wildman–Crippen LogP) is 3.42. The van der Waals surface area contributed by atoms with Crippen molar-refractivity contribution in [1.29, 1.82) is 0 Å². The number of hydrogen-bond donors (Lipinski definition) is 2. The topological polar surface area (TPSA) is 38.0 Å². The van der Waals surface area contributed by atoms with Crippen molar-refractivity contribution in [2.75, 3.05) is 0 Å². The number of hydrogen-bond acceptors (Lipinski definition) is 2. The number of allylic oxidation sites excluding steroid dienone is 1. The summed E-state index contributed by atoms with van der Waals surface area (Å²) in [5, 5.41) is 0.760. The van der Waals surface area contributed by atoms with Gasteiger partial charge in [0.2, 0.25) is 0 Å². The molecular weight excluding hydrogens is 322 g/mol. The number of nitrogens with two attached hydrogens (primary N) is 1. The van der Waals surface area contributed by atoms with E-state index in [0.29, 0.717) is 0 Å². The predicted molar refractivity (Wildman–Crippen MR) is 73.7 cm³/mol. The molecule has 0 aliphatic rings. The van der Waals surface area contributed by atoms with E-state index < -0.39 is 0 Å². The molecule has 15 heavy (non-hydrogen) atoms. The molecular formula is C11H14ClIN2. The maximum Gasteiger partial charge on any atom is 0.0643 e. The molecule has 0 radical (unpaired) electrons. The first-order chi connectivity index (χ1) is 7.04. The Balaban J connectivity index is 3.03. The van der Waals surface area contributed by atoms with Crippen LogP contribution in [0.3, 0.4) is 0 Å². The normalized spacial score (nSPS) is 12.3. The molecule has 2 nitrogen and oxygen atoms in total. The fourth-order valence-electron chi connectivity index (χ4n) is 1.28. The SMILES string of the molecule is CC(C)=CC(NN)c1ccc(I)c(Cl)c1. The molecule has 0 aromatic heterocycles. The number of rotatable bonds is 3. The first-order valence-electron chi connectivity index (χ1n) is 4.60. The second-order valence-electron chi connectivity index (χ2n) is 3.56. The molecule has 0 aliphatic carbocycles. The number of halogens is 2.